The number of rotatable bonds is 7. The molecule has 0 radical (unpaired) electrons. The standard InChI is InChI=1S/C21H20F3NO5/c1-4-29-20(28)18-12(2)19(25-13(18)3)16(26)11-30-17(27)9-8-14-6-5-7-15(10-14)21(22,23)24/h5-10,25H,4,11H2,1-3H3. The van der Waals surface area contributed by atoms with Crippen molar-refractivity contribution in [3.8, 4) is 0 Å². The number of hydrogen-bond donors (Lipinski definition) is 1. The number of hydrogen-bond acceptors (Lipinski definition) is 5. The van der Waals surface area contributed by atoms with Crippen LogP contribution in [0.15, 0.2) is 30.3 Å². The van der Waals surface area contributed by atoms with E-state index in [-0.39, 0.29) is 23.4 Å². The van der Waals surface area contributed by atoms with Crippen LogP contribution in [-0.4, -0.2) is 35.9 Å². The Morgan fingerprint density at radius 2 is 1.83 bits per heavy atom. The zero-order chi connectivity index (χ0) is 22.5. The first kappa shape index (κ1) is 22.9. The smallest absolute Gasteiger partial charge is 0.416 e. The van der Waals surface area contributed by atoms with E-state index in [1.54, 1.807) is 20.8 Å². The molecule has 0 atom stereocenters. The van der Waals surface area contributed by atoms with E-state index in [0.29, 0.717) is 11.3 Å². The lowest BCUT2D eigenvalue weighted by molar-refractivity contribution is -0.138. The molecular formula is C21H20F3NO5. The summed E-state index contributed by atoms with van der Waals surface area (Å²) < 4.78 is 47.9. The van der Waals surface area contributed by atoms with E-state index in [2.05, 4.69) is 4.98 Å². The van der Waals surface area contributed by atoms with Crippen LogP contribution in [0.1, 0.15) is 50.2 Å². The molecule has 0 bridgehead atoms. The lowest BCUT2D eigenvalue weighted by Crippen LogP contribution is -2.14. The van der Waals surface area contributed by atoms with Crippen LogP contribution in [-0.2, 0) is 20.4 Å². The number of halogens is 3. The molecule has 1 aromatic carbocycles. The normalized spacial score (nSPS) is 11.5. The number of aromatic nitrogens is 1. The van der Waals surface area contributed by atoms with Gasteiger partial charge in [0.2, 0.25) is 5.78 Å². The van der Waals surface area contributed by atoms with Gasteiger partial charge >= 0.3 is 18.1 Å². The van der Waals surface area contributed by atoms with E-state index in [4.69, 9.17) is 9.47 Å². The molecule has 0 fully saturated rings. The summed E-state index contributed by atoms with van der Waals surface area (Å²) in [5.41, 5.74) is 0.504. The van der Waals surface area contributed by atoms with Crippen molar-refractivity contribution in [2.45, 2.75) is 26.9 Å². The summed E-state index contributed by atoms with van der Waals surface area (Å²) >= 11 is 0. The first-order valence-electron chi connectivity index (χ1n) is 8.96. The summed E-state index contributed by atoms with van der Waals surface area (Å²) in [6, 6.07) is 4.41. The minimum Gasteiger partial charge on any atom is -0.462 e. The van der Waals surface area contributed by atoms with Crippen LogP contribution >= 0.6 is 0 Å². The molecule has 1 heterocycles. The molecule has 0 saturated carbocycles. The van der Waals surface area contributed by atoms with Crippen LogP contribution in [0.4, 0.5) is 13.2 Å². The second-order valence-corrected chi connectivity index (χ2v) is 6.33. The van der Waals surface area contributed by atoms with Crippen molar-refractivity contribution in [2.24, 2.45) is 0 Å². The molecular weight excluding hydrogens is 403 g/mol. The number of H-pyrrole nitrogens is 1. The lowest BCUT2D eigenvalue weighted by Gasteiger charge is -2.06. The van der Waals surface area contributed by atoms with E-state index in [1.165, 1.54) is 12.1 Å². The topological polar surface area (TPSA) is 85.5 Å². The third-order valence-corrected chi connectivity index (χ3v) is 4.17. The summed E-state index contributed by atoms with van der Waals surface area (Å²) in [5, 5.41) is 0. The maximum absolute atomic E-state index is 12.7. The number of carbonyl (C=O) groups excluding carboxylic acids is 3. The van der Waals surface area contributed by atoms with E-state index in [1.807, 2.05) is 0 Å². The quantitative estimate of drug-likeness (QED) is 0.409. The molecule has 0 saturated heterocycles. The highest BCUT2D eigenvalue weighted by Gasteiger charge is 2.30. The summed E-state index contributed by atoms with van der Waals surface area (Å²) in [6.45, 7) is 4.42. The zero-order valence-electron chi connectivity index (χ0n) is 16.6. The van der Waals surface area contributed by atoms with Gasteiger partial charge < -0.3 is 14.5 Å². The van der Waals surface area contributed by atoms with Gasteiger partial charge in [0.05, 0.1) is 23.4 Å². The predicted molar refractivity (Wildman–Crippen MR) is 102 cm³/mol. The third kappa shape index (κ3) is 5.59. The zero-order valence-corrected chi connectivity index (χ0v) is 16.6. The highest BCUT2D eigenvalue weighted by Crippen LogP contribution is 2.29. The lowest BCUT2D eigenvalue weighted by atomic mass is 10.1. The Hall–Kier alpha value is -3.36. The number of carbonyl (C=O) groups is 3. The molecule has 0 aliphatic carbocycles. The van der Waals surface area contributed by atoms with Crippen molar-refractivity contribution >= 4 is 23.8 Å². The summed E-state index contributed by atoms with van der Waals surface area (Å²) in [7, 11) is 0. The molecule has 1 aromatic heterocycles. The predicted octanol–water partition coefficient (Wildman–Crippen LogP) is 4.27. The van der Waals surface area contributed by atoms with Crippen molar-refractivity contribution in [1.29, 1.82) is 0 Å². The molecule has 160 valence electrons. The molecule has 6 nitrogen and oxygen atoms in total. The van der Waals surface area contributed by atoms with Gasteiger partial charge in [-0.3, -0.25) is 4.79 Å². The molecule has 0 aliphatic rings. The fraction of sp³-hybridized carbons (Fsp3) is 0.286. The summed E-state index contributed by atoms with van der Waals surface area (Å²) in [4.78, 5) is 38.9. The molecule has 9 heteroatoms. The Bertz CT molecular complexity index is 989. The van der Waals surface area contributed by atoms with Gasteiger partial charge in [-0.25, -0.2) is 9.59 Å². The second kappa shape index (κ2) is 9.43. The number of aromatic amines is 1. The highest BCUT2D eigenvalue weighted by atomic mass is 19.4. The fourth-order valence-electron chi connectivity index (χ4n) is 2.78. The monoisotopic (exact) mass is 423 g/mol. The van der Waals surface area contributed by atoms with Crippen LogP contribution in [0, 0.1) is 13.8 Å². The fourth-order valence-corrected chi connectivity index (χ4v) is 2.78. The Balaban J connectivity index is 2.02. The Morgan fingerprint density at radius 3 is 2.47 bits per heavy atom. The Morgan fingerprint density at radius 1 is 1.13 bits per heavy atom. The Kier molecular flexibility index (Phi) is 7.20. The molecule has 0 amide bonds. The van der Waals surface area contributed by atoms with Crippen molar-refractivity contribution < 1.29 is 37.0 Å². The minimum atomic E-state index is -4.49. The number of alkyl halides is 3. The van der Waals surface area contributed by atoms with Crippen LogP contribution < -0.4 is 0 Å². The number of benzene rings is 1. The number of esters is 2. The van der Waals surface area contributed by atoms with Gasteiger partial charge in [0.25, 0.3) is 0 Å². The van der Waals surface area contributed by atoms with E-state index in [0.717, 1.165) is 24.3 Å². The average molecular weight is 423 g/mol. The number of nitrogens with one attached hydrogen (secondary N) is 1. The number of Topliss-reactive ketones (excluding diaryl/α,β-unsaturated/α-hetero) is 1. The molecule has 0 unspecified atom stereocenters. The van der Waals surface area contributed by atoms with Crippen LogP contribution in [0.3, 0.4) is 0 Å². The summed E-state index contributed by atoms with van der Waals surface area (Å²) in [5.74, 6) is -2.02. The van der Waals surface area contributed by atoms with E-state index in [9.17, 15) is 27.6 Å². The molecule has 0 aliphatic heterocycles. The first-order valence-corrected chi connectivity index (χ1v) is 8.96. The van der Waals surface area contributed by atoms with Gasteiger partial charge in [0.1, 0.15) is 0 Å². The van der Waals surface area contributed by atoms with Gasteiger partial charge in [-0.2, -0.15) is 13.2 Å². The average Bonchev–Trinajstić information content (AvgIpc) is 2.98. The third-order valence-electron chi connectivity index (χ3n) is 4.17. The number of aryl methyl sites for hydroxylation is 1. The van der Waals surface area contributed by atoms with Gasteiger partial charge in [-0.15, -0.1) is 0 Å². The summed E-state index contributed by atoms with van der Waals surface area (Å²) in [6.07, 6.45) is -2.41. The number of ketones is 1. The van der Waals surface area contributed by atoms with E-state index >= 15 is 0 Å². The molecule has 2 aromatic rings. The van der Waals surface area contributed by atoms with Gasteiger partial charge in [-0.1, -0.05) is 12.1 Å². The van der Waals surface area contributed by atoms with Gasteiger partial charge in [0.15, 0.2) is 6.61 Å². The van der Waals surface area contributed by atoms with Crippen LogP contribution in [0.25, 0.3) is 6.08 Å². The van der Waals surface area contributed by atoms with Crippen molar-refractivity contribution in [2.75, 3.05) is 13.2 Å². The van der Waals surface area contributed by atoms with Crippen molar-refractivity contribution in [3.63, 3.8) is 0 Å². The second-order valence-electron chi connectivity index (χ2n) is 6.33. The van der Waals surface area contributed by atoms with Crippen LogP contribution in [0.2, 0.25) is 0 Å². The molecule has 2 rings (SSSR count). The molecule has 30 heavy (non-hydrogen) atoms. The van der Waals surface area contributed by atoms with Crippen LogP contribution in [0.5, 0.6) is 0 Å². The Labute approximate surface area is 170 Å². The van der Waals surface area contributed by atoms with E-state index < -0.39 is 36.1 Å². The SMILES string of the molecule is CCOC(=O)c1c(C)[nH]c(C(=O)COC(=O)C=Cc2cccc(C(F)(F)F)c2)c1C. The largest absolute Gasteiger partial charge is 0.462 e. The highest BCUT2D eigenvalue weighted by molar-refractivity contribution is 6.03. The number of ether oxygens (including phenoxy) is 2. The van der Waals surface area contributed by atoms with Gasteiger partial charge in [-0.05, 0) is 50.1 Å². The maximum atomic E-state index is 12.7. The van der Waals surface area contributed by atoms with Crippen molar-refractivity contribution in [3.05, 3.63) is 64.0 Å². The molecule has 1 N–H and O–H groups in total. The molecule has 0 spiro atoms. The minimum absolute atomic E-state index is 0.116. The maximum Gasteiger partial charge on any atom is 0.416 e. The van der Waals surface area contributed by atoms with Crippen molar-refractivity contribution in [1.82, 2.24) is 4.98 Å². The first-order chi connectivity index (χ1) is 14.0. The van der Waals surface area contributed by atoms with Gasteiger partial charge in [0, 0.05) is 11.8 Å².